The van der Waals surface area contributed by atoms with Crippen molar-refractivity contribution in [3.63, 3.8) is 0 Å². The molecule has 0 unspecified atom stereocenters. The van der Waals surface area contributed by atoms with Crippen molar-refractivity contribution in [1.82, 2.24) is 4.31 Å². The van der Waals surface area contributed by atoms with Gasteiger partial charge >= 0.3 is 0 Å². The zero-order chi connectivity index (χ0) is 13.5. The number of sulfonamides is 1. The molecule has 1 heterocycles. The van der Waals surface area contributed by atoms with Gasteiger partial charge in [-0.3, -0.25) is 0 Å². The highest BCUT2D eigenvalue weighted by Gasteiger charge is 2.38. The number of benzene rings is 1. The molecule has 100 valence electrons. The van der Waals surface area contributed by atoms with E-state index < -0.39 is 10.0 Å². The zero-order valence-corrected chi connectivity index (χ0v) is 11.2. The van der Waals surface area contributed by atoms with Crippen LogP contribution in [0.1, 0.15) is 18.4 Å². The topological polar surface area (TPSA) is 70.4 Å². The number of fused-ring (bicyclic) bond motifs is 1. The quantitative estimate of drug-likeness (QED) is 0.778. The van der Waals surface area contributed by atoms with Gasteiger partial charge in [-0.05, 0) is 36.6 Å². The Kier molecular flexibility index (Phi) is 2.96. The highest BCUT2D eigenvalue weighted by atomic mass is 32.2. The first-order chi connectivity index (χ1) is 9.13. The highest BCUT2D eigenvalue weighted by molar-refractivity contribution is 7.89. The van der Waals surface area contributed by atoms with Crippen molar-refractivity contribution in [3.8, 4) is 11.8 Å². The standard InChI is InChI=1S/C13H14N2O3S/c14-6-7-15(11-1-2-11)19(16,17)12-3-4-13-10(9-12)5-8-18-13/h3-4,9,11H,1-2,5,7-8H2. The van der Waals surface area contributed by atoms with Crippen LogP contribution in [-0.4, -0.2) is 31.9 Å². The maximum absolute atomic E-state index is 12.5. The number of ether oxygens (including phenoxy) is 1. The minimum absolute atomic E-state index is 0.00541. The van der Waals surface area contributed by atoms with Crippen LogP contribution in [0, 0.1) is 11.3 Å². The SMILES string of the molecule is N#CCN(C1CC1)S(=O)(=O)c1ccc2c(c1)CCO2. The van der Waals surface area contributed by atoms with Crippen LogP contribution in [0.5, 0.6) is 5.75 Å². The fourth-order valence-electron chi connectivity index (χ4n) is 2.30. The summed E-state index contributed by atoms with van der Waals surface area (Å²) in [6.07, 6.45) is 2.42. The van der Waals surface area contributed by atoms with Crippen LogP contribution in [0.2, 0.25) is 0 Å². The molecule has 0 atom stereocenters. The Balaban J connectivity index is 1.97. The van der Waals surface area contributed by atoms with E-state index >= 15 is 0 Å². The van der Waals surface area contributed by atoms with Crippen LogP contribution in [0.25, 0.3) is 0 Å². The van der Waals surface area contributed by atoms with Gasteiger partial charge in [-0.1, -0.05) is 0 Å². The molecule has 0 N–H and O–H groups in total. The van der Waals surface area contributed by atoms with Gasteiger partial charge in [-0.15, -0.1) is 0 Å². The van der Waals surface area contributed by atoms with Gasteiger partial charge < -0.3 is 4.74 Å². The highest BCUT2D eigenvalue weighted by Crippen LogP contribution is 2.34. The number of rotatable bonds is 4. The normalized spacial score (nSPS) is 17.9. The fraction of sp³-hybridized carbons (Fsp3) is 0.462. The van der Waals surface area contributed by atoms with E-state index in [1.165, 1.54) is 4.31 Å². The van der Waals surface area contributed by atoms with Crippen LogP contribution in [0.15, 0.2) is 23.1 Å². The van der Waals surface area contributed by atoms with E-state index in [0.717, 1.165) is 30.6 Å². The van der Waals surface area contributed by atoms with Crippen molar-refractivity contribution in [3.05, 3.63) is 23.8 Å². The molecular weight excluding hydrogens is 264 g/mol. The van der Waals surface area contributed by atoms with Crippen LogP contribution >= 0.6 is 0 Å². The van der Waals surface area contributed by atoms with Crippen molar-refractivity contribution < 1.29 is 13.2 Å². The third-order valence-corrected chi connectivity index (χ3v) is 5.34. The first-order valence-corrected chi connectivity index (χ1v) is 7.71. The van der Waals surface area contributed by atoms with E-state index in [-0.39, 0.29) is 17.5 Å². The Hall–Kier alpha value is -1.58. The summed E-state index contributed by atoms with van der Waals surface area (Å²) in [7, 11) is -3.57. The lowest BCUT2D eigenvalue weighted by molar-refractivity contribution is 0.356. The zero-order valence-electron chi connectivity index (χ0n) is 10.4. The maximum atomic E-state index is 12.5. The Morgan fingerprint density at radius 3 is 2.89 bits per heavy atom. The molecule has 3 rings (SSSR count). The van der Waals surface area contributed by atoms with E-state index in [0.29, 0.717) is 6.61 Å². The van der Waals surface area contributed by atoms with Gasteiger partial charge in [0.25, 0.3) is 0 Å². The summed E-state index contributed by atoms with van der Waals surface area (Å²) < 4.78 is 31.8. The second-order valence-corrected chi connectivity index (χ2v) is 6.70. The van der Waals surface area contributed by atoms with Gasteiger partial charge in [-0.2, -0.15) is 9.57 Å². The molecule has 1 aromatic carbocycles. The minimum atomic E-state index is -3.57. The molecule has 1 aromatic rings. The molecule has 6 heteroatoms. The molecule has 1 saturated carbocycles. The summed E-state index contributed by atoms with van der Waals surface area (Å²) in [5.41, 5.74) is 0.925. The predicted molar refractivity (Wildman–Crippen MR) is 68.2 cm³/mol. The van der Waals surface area contributed by atoms with Crippen LogP contribution in [-0.2, 0) is 16.4 Å². The van der Waals surface area contributed by atoms with E-state index in [2.05, 4.69) is 0 Å². The molecule has 5 nitrogen and oxygen atoms in total. The molecule has 1 fully saturated rings. The summed E-state index contributed by atoms with van der Waals surface area (Å²) in [5, 5.41) is 8.80. The summed E-state index contributed by atoms with van der Waals surface area (Å²) in [4.78, 5) is 0.263. The van der Waals surface area contributed by atoms with Crippen LogP contribution in [0.3, 0.4) is 0 Å². The Labute approximate surface area is 112 Å². The van der Waals surface area contributed by atoms with Gasteiger partial charge in [0.2, 0.25) is 10.0 Å². The van der Waals surface area contributed by atoms with E-state index in [9.17, 15) is 8.42 Å². The molecule has 19 heavy (non-hydrogen) atoms. The summed E-state index contributed by atoms with van der Waals surface area (Å²) in [6.45, 7) is 0.518. The Morgan fingerprint density at radius 1 is 1.42 bits per heavy atom. The monoisotopic (exact) mass is 278 g/mol. The number of nitriles is 1. The van der Waals surface area contributed by atoms with E-state index in [1.54, 1.807) is 18.2 Å². The lowest BCUT2D eigenvalue weighted by Crippen LogP contribution is -2.33. The minimum Gasteiger partial charge on any atom is -0.493 e. The molecule has 0 aromatic heterocycles. The van der Waals surface area contributed by atoms with Gasteiger partial charge in [0.1, 0.15) is 12.3 Å². The van der Waals surface area contributed by atoms with Gasteiger partial charge in [0, 0.05) is 12.5 Å². The van der Waals surface area contributed by atoms with Crippen LogP contribution in [0.4, 0.5) is 0 Å². The second-order valence-electron chi connectivity index (χ2n) is 4.81. The number of hydrogen-bond donors (Lipinski definition) is 0. The lowest BCUT2D eigenvalue weighted by atomic mass is 10.2. The Morgan fingerprint density at radius 2 is 2.21 bits per heavy atom. The van der Waals surface area contributed by atoms with Crippen molar-refractivity contribution in [1.29, 1.82) is 5.26 Å². The number of hydrogen-bond acceptors (Lipinski definition) is 4. The molecule has 0 saturated heterocycles. The van der Waals surface area contributed by atoms with Gasteiger partial charge in [0.15, 0.2) is 0 Å². The summed E-state index contributed by atoms with van der Waals surface area (Å²) in [5.74, 6) is 0.761. The average molecular weight is 278 g/mol. The first kappa shape index (κ1) is 12.5. The average Bonchev–Trinajstić information content (AvgIpc) is 3.11. The van der Waals surface area contributed by atoms with Crippen molar-refractivity contribution in [2.75, 3.05) is 13.2 Å². The fourth-order valence-corrected chi connectivity index (χ4v) is 3.93. The summed E-state index contributed by atoms with van der Waals surface area (Å²) in [6, 6.07) is 6.87. The van der Waals surface area contributed by atoms with Gasteiger partial charge in [0.05, 0.1) is 17.6 Å². The molecular formula is C13H14N2O3S. The summed E-state index contributed by atoms with van der Waals surface area (Å²) >= 11 is 0. The van der Waals surface area contributed by atoms with Crippen molar-refractivity contribution >= 4 is 10.0 Å². The van der Waals surface area contributed by atoms with Crippen molar-refractivity contribution in [2.24, 2.45) is 0 Å². The van der Waals surface area contributed by atoms with Crippen molar-refractivity contribution in [2.45, 2.75) is 30.2 Å². The van der Waals surface area contributed by atoms with Crippen LogP contribution < -0.4 is 4.74 Å². The molecule has 2 aliphatic rings. The molecule has 0 bridgehead atoms. The second kappa shape index (κ2) is 4.51. The Bertz CT molecular complexity index is 644. The predicted octanol–water partition coefficient (Wildman–Crippen LogP) is 1.30. The molecule has 0 spiro atoms. The molecule has 0 radical (unpaired) electrons. The van der Waals surface area contributed by atoms with E-state index in [1.807, 2.05) is 6.07 Å². The van der Waals surface area contributed by atoms with E-state index in [4.69, 9.17) is 10.00 Å². The van der Waals surface area contributed by atoms with Gasteiger partial charge in [-0.25, -0.2) is 8.42 Å². The third-order valence-electron chi connectivity index (χ3n) is 3.45. The number of nitrogens with zero attached hydrogens (tertiary/aromatic N) is 2. The first-order valence-electron chi connectivity index (χ1n) is 6.27. The third kappa shape index (κ3) is 2.20. The molecule has 0 amide bonds. The molecule has 1 aliphatic carbocycles. The maximum Gasteiger partial charge on any atom is 0.244 e. The smallest absolute Gasteiger partial charge is 0.244 e. The lowest BCUT2D eigenvalue weighted by Gasteiger charge is -2.18. The molecule has 1 aliphatic heterocycles. The largest absolute Gasteiger partial charge is 0.493 e.